The highest BCUT2D eigenvalue weighted by Crippen LogP contribution is 2.31. The molecule has 1 N–H and O–H groups in total. The highest BCUT2D eigenvalue weighted by atomic mass is 16.2. The Morgan fingerprint density at radius 3 is 2.67 bits per heavy atom. The lowest BCUT2D eigenvalue weighted by molar-refractivity contribution is -0.141. The van der Waals surface area contributed by atoms with Gasteiger partial charge in [-0.3, -0.25) is 9.59 Å². The van der Waals surface area contributed by atoms with E-state index in [4.69, 9.17) is 0 Å². The highest BCUT2D eigenvalue weighted by molar-refractivity contribution is 5.93. The Hall–Kier alpha value is -1.99. The van der Waals surface area contributed by atoms with Crippen molar-refractivity contribution in [2.24, 2.45) is 7.05 Å². The van der Waals surface area contributed by atoms with Crippen LogP contribution in [-0.4, -0.2) is 49.0 Å². The molecule has 0 unspecified atom stereocenters. The summed E-state index contributed by atoms with van der Waals surface area (Å²) in [6.45, 7) is 0.716. The number of carbonyl (C=O) groups excluding carboxylic acids is 2. The van der Waals surface area contributed by atoms with Gasteiger partial charge in [0, 0.05) is 13.0 Å². The van der Waals surface area contributed by atoms with Crippen molar-refractivity contribution < 1.29 is 9.59 Å². The first kappa shape index (κ1) is 14.0. The Kier molecular flexibility index (Phi) is 3.60. The molecule has 1 saturated carbocycles. The summed E-state index contributed by atoms with van der Waals surface area (Å²) in [5.74, 6) is 0.464. The lowest BCUT2D eigenvalue weighted by Crippen LogP contribution is -2.58. The SMILES string of the molecule is Cn1nnc(CN2CCC(=O)NC3(CCCCC3)C2=O)n1. The number of hydrogen-bond acceptors (Lipinski definition) is 5. The number of nitrogens with one attached hydrogen (secondary N) is 1. The first-order chi connectivity index (χ1) is 10.1. The number of nitrogens with zero attached hydrogens (tertiary/aromatic N) is 5. The molecule has 2 heterocycles. The van der Waals surface area contributed by atoms with E-state index in [0.717, 1.165) is 32.1 Å². The summed E-state index contributed by atoms with van der Waals surface area (Å²) < 4.78 is 0. The number of amides is 2. The second-order valence-corrected chi connectivity index (χ2v) is 5.86. The molecule has 1 aliphatic carbocycles. The van der Waals surface area contributed by atoms with Crippen LogP contribution in [0.25, 0.3) is 0 Å². The van der Waals surface area contributed by atoms with Gasteiger partial charge in [-0.1, -0.05) is 19.3 Å². The maximum absolute atomic E-state index is 12.9. The molecule has 1 aromatic rings. The van der Waals surface area contributed by atoms with Crippen LogP contribution in [0, 0.1) is 0 Å². The van der Waals surface area contributed by atoms with Crippen molar-refractivity contribution in [1.82, 2.24) is 30.4 Å². The zero-order valence-electron chi connectivity index (χ0n) is 12.2. The fourth-order valence-corrected chi connectivity index (χ4v) is 3.23. The molecule has 2 aliphatic rings. The van der Waals surface area contributed by atoms with Crippen molar-refractivity contribution in [3.8, 4) is 0 Å². The van der Waals surface area contributed by atoms with Crippen LogP contribution in [-0.2, 0) is 23.2 Å². The number of rotatable bonds is 2. The largest absolute Gasteiger partial charge is 0.342 e. The second-order valence-electron chi connectivity index (χ2n) is 5.86. The van der Waals surface area contributed by atoms with E-state index in [-0.39, 0.29) is 11.8 Å². The summed E-state index contributed by atoms with van der Waals surface area (Å²) in [6, 6.07) is 0. The number of carbonyl (C=O) groups is 2. The van der Waals surface area contributed by atoms with Gasteiger partial charge >= 0.3 is 0 Å². The first-order valence-corrected chi connectivity index (χ1v) is 7.42. The predicted molar refractivity (Wildman–Crippen MR) is 72.8 cm³/mol. The molecule has 8 nitrogen and oxygen atoms in total. The van der Waals surface area contributed by atoms with Crippen molar-refractivity contribution >= 4 is 11.8 Å². The molecule has 0 bridgehead atoms. The molecule has 1 saturated heterocycles. The van der Waals surface area contributed by atoms with Gasteiger partial charge in [0.25, 0.3) is 0 Å². The molecule has 114 valence electrons. The third-order valence-corrected chi connectivity index (χ3v) is 4.27. The molecule has 21 heavy (non-hydrogen) atoms. The molecule has 2 amide bonds. The third kappa shape index (κ3) is 2.74. The maximum Gasteiger partial charge on any atom is 0.248 e. The zero-order chi connectivity index (χ0) is 14.9. The minimum Gasteiger partial charge on any atom is -0.342 e. The average molecular weight is 292 g/mol. The Balaban J connectivity index is 1.82. The van der Waals surface area contributed by atoms with Crippen molar-refractivity contribution in [2.75, 3.05) is 6.54 Å². The molecule has 3 rings (SSSR count). The molecule has 2 fully saturated rings. The normalized spacial score (nSPS) is 22.2. The zero-order valence-corrected chi connectivity index (χ0v) is 12.2. The van der Waals surface area contributed by atoms with Gasteiger partial charge in [-0.05, 0) is 18.1 Å². The number of aromatic nitrogens is 4. The van der Waals surface area contributed by atoms with Gasteiger partial charge in [0.15, 0.2) is 5.82 Å². The molecule has 1 spiro atoms. The molecule has 1 aromatic heterocycles. The van der Waals surface area contributed by atoms with Crippen LogP contribution in [0.1, 0.15) is 44.3 Å². The molecular formula is C13H20N6O2. The summed E-state index contributed by atoms with van der Waals surface area (Å²) in [5.41, 5.74) is -0.714. The van der Waals surface area contributed by atoms with Crippen molar-refractivity contribution in [3.63, 3.8) is 0 Å². The lowest BCUT2D eigenvalue weighted by Gasteiger charge is -2.37. The van der Waals surface area contributed by atoms with E-state index in [9.17, 15) is 9.59 Å². The fraction of sp³-hybridized carbons (Fsp3) is 0.769. The Morgan fingerprint density at radius 1 is 1.24 bits per heavy atom. The van der Waals surface area contributed by atoms with Crippen molar-refractivity contribution in [1.29, 1.82) is 0 Å². The van der Waals surface area contributed by atoms with Crippen LogP contribution < -0.4 is 5.32 Å². The minimum absolute atomic E-state index is 0.000466. The molecule has 0 radical (unpaired) electrons. The number of aryl methyl sites for hydroxylation is 1. The van der Waals surface area contributed by atoms with Crippen LogP contribution in [0.5, 0.6) is 0 Å². The van der Waals surface area contributed by atoms with Crippen molar-refractivity contribution in [3.05, 3.63) is 5.82 Å². The van der Waals surface area contributed by atoms with E-state index in [1.807, 2.05) is 0 Å². The third-order valence-electron chi connectivity index (χ3n) is 4.27. The highest BCUT2D eigenvalue weighted by Gasteiger charge is 2.45. The van der Waals surface area contributed by atoms with E-state index in [2.05, 4.69) is 20.7 Å². The van der Waals surface area contributed by atoms with E-state index in [1.54, 1.807) is 11.9 Å². The monoisotopic (exact) mass is 292 g/mol. The van der Waals surface area contributed by atoms with Gasteiger partial charge in [0.1, 0.15) is 5.54 Å². The van der Waals surface area contributed by atoms with Crippen LogP contribution in [0.15, 0.2) is 0 Å². The second kappa shape index (κ2) is 5.42. The summed E-state index contributed by atoms with van der Waals surface area (Å²) in [4.78, 5) is 27.9. The van der Waals surface area contributed by atoms with Gasteiger partial charge < -0.3 is 10.2 Å². The van der Waals surface area contributed by atoms with Gasteiger partial charge in [0.2, 0.25) is 11.8 Å². The first-order valence-electron chi connectivity index (χ1n) is 7.42. The van der Waals surface area contributed by atoms with Crippen LogP contribution >= 0.6 is 0 Å². The molecule has 1 aliphatic heterocycles. The van der Waals surface area contributed by atoms with E-state index < -0.39 is 5.54 Å². The molecule has 8 heteroatoms. The fourth-order valence-electron chi connectivity index (χ4n) is 3.23. The molecule has 0 atom stereocenters. The van der Waals surface area contributed by atoms with Crippen molar-refractivity contribution in [2.45, 2.75) is 50.6 Å². The van der Waals surface area contributed by atoms with Gasteiger partial charge in [0.05, 0.1) is 13.6 Å². The van der Waals surface area contributed by atoms with Gasteiger partial charge in [-0.15, -0.1) is 10.2 Å². The molecular weight excluding hydrogens is 272 g/mol. The maximum atomic E-state index is 12.9. The van der Waals surface area contributed by atoms with Crippen LogP contribution in [0.4, 0.5) is 0 Å². The van der Waals surface area contributed by atoms with Gasteiger partial charge in [-0.25, -0.2) is 0 Å². The quantitative estimate of drug-likeness (QED) is 0.812. The lowest BCUT2D eigenvalue weighted by atomic mass is 9.80. The summed E-state index contributed by atoms with van der Waals surface area (Å²) in [5, 5.41) is 14.8. The van der Waals surface area contributed by atoms with E-state index in [0.29, 0.717) is 25.3 Å². The van der Waals surface area contributed by atoms with Crippen LogP contribution in [0.3, 0.4) is 0 Å². The number of hydrogen-bond donors (Lipinski definition) is 1. The number of tetrazole rings is 1. The minimum atomic E-state index is -0.714. The summed E-state index contributed by atoms with van der Waals surface area (Å²) in [6.07, 6.45) is 4.85. The smallest absolute Gasteiger partial charge is 0.248 e. The standard InChI is InChI=1S/C13H20N6O2/c1-18-16-10(15-17-18)9-19-8-5-11(20)14-13(12(19)21)6-3-2-4-7-13/h2-9H2,1H3,(H,14,20). The van der Waals surface area contributed by atoms with Crippen LogP contribution in [0.2, 0.25) is 0 Å². The Labute approximate surface area is 122 Å². The summed E-state index contributed by atoms with van der Waals surface area (Å²) in [7, 11) is 1.69. The Bertz CT molecular complexity index is 549. The molecule has 0 aromatic carbocycles. The predicted octanol–water partition coefficient (Wildman–Crippen LogP) is -0.238. The van der Waals surface area contributed by atoms with Gasteiger partial charge in [-0.2, -0.15) is 4.80 Å². The van der Waals surface area contributed by atoms with E-state index >= 15 is 0 Å². The topological polar surface area (TPSA) is 93.0 Å². The summed E-state index contributed by atoms with van der Waals surface area (Å²) >= 11 is 0. The Morgan fingerprint density at radius 2 is 2.00 bits per heavy atom. The van der Waals surface area contributed by atoms with E-state index in [1.165, 1.54) is 4.80 Å². The average Bonchev–Trinajstić information content (AvgIpc) is 2.84.